The molecule has 2 N–H and O–H groups in total. The Morgan fingerprint density at radius 1 is 1.16 bits per heavy atom. The summed E-state index contributed by atoms with van der Waals surface area (Å²) in [6.45, 7) is 5.63. The summed E-state index contributed by atoms with van der Waals surface area (Å²) in [6, 6.07) is 12.1. The molecule has 0 bridgehead atoms. The summed E-state index contributed by atoms with van der Waals surface area (Å²) in [6.07, 6.45) is 1.13. The molecule has 0 spiro atoms. The Morgan fingerprint density at radius 2 is 1.74 bits per heavy atom. The molecule has 1 heterocycles. The molecule has 31 heavy (non-hydrogen) atoms. The van der Waals surface area contributed by atoms with Crippen LogP contribution >= 0.6 is 0 Å². The summed E-state index contributed by atoms with van der Waals surface area (Å²) in [5, 5.41) is 21.4. The topological polar surface area (TPSA) is 113 Å². The average molecular weight is 448 g/mol. The van der Waals surface area contributed by atoms with E-state index in [2.05, 4.69) is 9.62 Å². The van der Waals surface area contributed by atoms with E-state index >= 15 is 0 Å². The molecule has 0 aliphatic carbocycles. The van der Waals surface area contributed by atoms with Crippen LogP contribution in [0.1, 0.15) is 35.6 Å². The van der Waals surface area contributed by atoms with Crippen molar-refractivity contribution < 1.29 is 18.4 Å². The van der Waals surface area contributed by atoms with E-state index in [0.717, 1.165) is 31.5 Å². The van der Waals surface area contributed by atoms with E-state index in [1.54, 1.807) is 13.8 Å². The molecule has 8 nitrogen and oxygen atoms in total. The van der Waals surface area contributed by atoms with Crippen LogP contribution in [0.5, 0.6) is 0 Å². The van der Waals surface area contributed by atoms with Crippen LogP contribution in [0.3, 0.4) is 0 Å². The highest BCUT2D eigenvalue weighted by Crippen LogP contribution is 2.26. The van der Waals surface area contributed by atoms with Gasteiger partial charge in [-0.05, 0) is 62.4 Å². The van der Waals surface area contributed by atoms with Gasteiger partial charge in [-0.3, -0.25) is 10.1 Å². The van der Waals surface area contributed by atoms with Crippen molar-refractivity contribution in [2.45, 2.75) is 37.7 Å². The van der Waals surface area contributed by atoms with Crippen molar-refractivity contribution in [1.82, 2.24) is 9.62 Å². The standard InChI is InChI=1S/C22H29N3O5S/c1-16-12-20(25(27)28)13-17(2)22(16)31(29,30)23-14-18-8-10-24(11-9-18)15-21(26)19-6-4-3-5-7-19/h3-7,12-13,18,21,23,26H,8-11,14-15H2,1-2H3. The van der Waals surface area contributed by atoms with E-state index < -0.39 is 21.1 Å². The van der Waals surface area contributed by atoms with Crippen molar-refractivity contribution in [3.63, 3.8) is 0 Å². The fourth-order valence-corrected chi connectivity index (χ4v) is 5.72. The number of nitro groups is 1. The summed E-state index contributed by atoms with van der Waals surface area (Å²) < 4.78 is 28.4. The van der Waals surface area contributed by atoms with Crippen molar-refractivity contribution in [2.24, 2.45) is 5.92 Å². The van der Waals surface area contributed by atoms with Crippen molar-refractivity contribution in [1.29, 1.82) is 0 Å². The number of hydrogen-bond acceptors (Lipinski definition) is 6. The normalized spacial score (nSPS) is 16.9. The maximum absolute atomic E-state index is 12.8. The lowest BCUT2D eigenvalue weighted by Gasteiger charge is -2.33. The number of benzene rings is 2. The third-order valence-corrected chi connectivity index (χ3v) is 7.54. The Labute approximate surface area is 183 Å². The monoisotopic (exact) mass is 447 g/mol. The Balaban J connectivity index is 1.54. The van der Waals surface area contributed by atoms with E-state index in [0.29, 0.717) is 24.2 Å². The van der Waals surface area contributed by atoms with Crippen molar-refractivity contribution in [3.8, 4) is 0 Å². The molecule has 3 rings (SSSR count). The molecule has 0 radical (unpaired) electrons. The Bertz CT molecular complexity index is 996. The molecular formula is C22H29N3O5S. The number of aliphatic hydroxyl groups excluding tert-OH is 1. The summed E-state index contributed by atoms with van der Waals surface area (Å²) >= 11 is 0. The number of nitro benzene ring substituents is 1. The van der Waals surface area contributed by atoms with Crippen LogP contribution in [0.25, 0.3) is 0 Å². The molecule has 1 aliphatic heterocycles. The number of nitrogens with one attached hydrogen (secondary N) is 1. The first-order valence-electron chi connectivity index (χ1n) is 10.4. The molecule has 2 aromatic carbocycles. The lowest BCUT2D eigenvalue weighted by Crippen LogP contribution is -2.40. The van der Waals surface area contributed by atoms with E-state index in [1.165, 1.54) is 12.1 Å². The quantitative estimate of drug-likeness (QED) is 0.475. The first kappa shape index (κ1) is 23.3. The zero-order chi connectivity index (χ0) is 22.6. The van der Waals surface area contributed by atoms with E-state index in [9.17, 15) is 23.6 Å². The SMILES string of the molecule is Cc1cc([N+](=O)[O-])cc(C)c1S(=O)(=O)NCC1CCN(CC(O)c2ccccc2)CC1. The number of β-amino-alcohol motifs (C(OH)–C–C–N with tert-alkyl or cyclic N) is 1. The Kier molecular flexibility index (Phi) is 7.42. The van der Waals surface area contributed by atoms with Crippen molar-refractivity contribution in [3.05, 3.63) is 69.3 Å². The van der Waals surface area contributed by atoms with Gasteiger partial charge in [0.2, 0.25) is 10.0 Å². The van der Waals surface area contributed by atoms with Gasteiger partial charge in [-0.15, -0.1) is 0 Å². The first-order chi connectivity index (χ1) is 14.7. The number of likely N-dealkylation sites (tertiary alicyclic amines) is 1. The molecule has 1 fully saturated rings. The second-order valence-corrected chi connectivity index (χ2v) is 9.89. The van der Waals surface area contributed by atoms with Crippen LogP contribution in [0.4, 0.5) is 5.69 Å². The van der Waals surface area contributed by atoms with E-state index in [4.69, 9.17) is 0 Å². The predicted molar refractivity (Wildman–Crippen MR) is 118 cm³/mol. The number of non-ortho nitro benzene ring substituents is 1. The molecular weight excluding hydrogens is 418 g/mol. The summed E-state index contributed by atoms with van der Waals surface area (Å²) in [7, 11) is -3.76. The largest absolute Gasteiger partial charge is 0.387 e. The van der Waals surface area contributed by atoms with E-state index in [1.807, 2.05) is 30.3 Å². The maximum atomic E-state index is 12.8. The number of sulfonamides is 1. The summed E-state index contributed by atoms with van der Waals surface area (Å²) in [4.78, 5) is 12.8. The summed E-state index contributed by atoms with van der Waals surface area (Å²) in [5.41, 5.74) is 1.51. The lowest BCUT2D eigenvalue weighted by molar-refractivity contribution is -0.385. The van der Waals surface area contributed by atoms with Gasteiger partial charge in [0.15, 0.2) is 0 Å². The molecule has 1 aliphatic rings. The predicted octanol–water partition coefficient (Wildman–Crippen LogP) is 2.94. The van der Waals surface area contributed by atoms with Gasteiger partial charge in [0, 0.05) is 25.2 Å². The minimum absolute atomic E-state index is 0.112. The van der Waals surface area contributed by atoms with Gasteiger partial charge >= 0.3 is 0 Å². The zero-order valence-electron chi connectivity index (χ0n) is 17.8. The minimum atomic E-state index is -3.76. The van der Waals surface area contributed by atoms with Crippen LogP contribution < -0.4 is 4.72 Å². The number of piperidine rings is 1. The number of aryl methyl sites for hydroxylation is 2. The second kappa shape index (κ2) is 9.86. The third-order valence-electron chi connectivity index (χ3n) is 5.81. The lowest BCUT2D eigenvalue weighted by atomic mass is 9.96. The fourth-order valence-electron chi connectivity index (χ4n) is 4.15. The highest BCUT2D eigenvalue weighted by molar-refractivity contribution is 7.89. The minimum Gasteiger partial charge on any atom is -0.387 e. The molecule has 1 saturated heterocycles. The molecule has 2 aromatic rings. The van der Waals surface area contributed by atoms with Gasteiger partial charge in [0.25, 0.3) is 5.69 Å². The Morgan fingerprint density at radius 3 is 2.29 bits per heavy atom. The molecule has 168 valence electrons. The zero-order valence-corrected chi connectivity index (χ0v) is 18.6. The molecule has 0 saturated carbocycles. The van der Waals surface area contributed by atoms with Crippen LogP contribution in [-0.2, 0) is 10.0 Å². The van der Waals surface area contributed by atoms with Gasteiger partial charge in [-0.1, -0.05) is 30.3 Å². The van der Waals surface area contributed by atoms with Crippen LogP contribution in [0.2, 0.25) is 0 Å². The second-order valence-electron chi connectivity index (χ2n) is 8.19. The van der Waals surface area contributed by atoms with Gasteiger partial charge in [-0.25, -0.2) is 13.1 Å². The van der Waals surface area contributed by atoms with Gasteiger partial charge in [-0.2, -0.15) is 0 Å². The highest BCUT2D eigenvalue weighted by Gasteiger charge is 2.26. The fraction of sp³-hybridized carbons (Fsp3) is 0.455. The van der Waals surface area contributed by atoms with E-state index in [-0.39, 0.29) is 16.5 Å². The van der Waals surface area contributed by atoms with Crippen LogP contribution in [0.15, 0.2) is 47.4 Å². The van der Waals surface area contributed by atoms with Gasteiger partial charge in [0.1, 0.15) is 0 Å². The molecule has 9 heteroatoms. The number of nitrogens with zero attached hydrogens (tertiary/aromatic N) is 2. The third kappa shape index (κ3) is 5.88. The number of rotatable bonds is 8. The van der Waals surface area contributed by atoms with Gasteiger partial charge < -0.3 is 10.0 Å². The smallest absolute Gasteiger partial charge is 0.270 e. The molecule has 0 aromatic heterocycles. The maximum Gasteiger partial charge on any atom is 0.270 e. The van der Waals surface area contributed by atoms with Crippen molar-refractivity contribution in [2.75, 3.05) is 26.2 Å². The number of aliphatic hydroxyl groups is 1. The van der Waals surface area contributed by atoms with Crippen LogP contribution in [-0.4, -0.2) is 49.5 Å². The highest BCUT2D eigenvalue weighted by atomic mass is 32.2. The van der Waals surface area contributed by atoms with Crippen LogP contribution in [0, 0.1) is 29.9 Å². The first-order valence-corrected chi connectivity index (χ1v) is 11.9. The number of hydrogen-bond donors (Lipinski definition) is 2. The average Bonchev–Trinajstić information content (AvgIpc) is 2.73. The molecule has 0 amide bonds. The van der Waals surface area contributed by atoms with Gasteiger partial charge in [0.05, 0.1) is 15.9 Å². The Hall–Kier alpha value is -2.33. The molecule has 1 atom stereocenters. The molecule has 1 unspecified atom stereocenters. The summed E-state index contributed by atoms with van der Waals surface area (Å²) in [5.74, 6) is 0.207. The van der Waals surface area contributed by atoms with Crippen molar-refractivity contribution >= 4 is 15.7 Å².